The Morgan fingerprint density at radius 3 is 2.50 bits per heavy atom. The smallest absolute Gasteiger partial charge is 0.265 e. The predicted molar refractivity (Wildman–Crippen MR) is 80.7 cm³/mol. The van der Waals surface area contributed by atoms with Gasteiger partial charge in [0.2, 0.25) is 0 Å². The Morgan fingerprint density at radius 2 is 1.94 bits per heavy atom. The van der Waals surface area contributed by atoms with E-state index in [0.717, 1.165) is 22.3 Å². The molecule has 2 rings (SSSR count). The lowest BCUT2D eigenvalue weighted by Crippen LogP contribution is -2.09. The number of carbonyl (C=O) groups excluding carboxylic acids is 1. The van der Waals surface area contributed by atoms with Gasteiger partial charge in [0, 0.05) is 15.9 Å². The van der Waals surface area contributed by atoms with Crippen molar-refractivity contribution < 1.29 is 4.79 Å². The monoisotopic (exact) mass is 323 g/mol. The van der Waals surface area contributed by atoms with Crippen molar-refractivity contribution in [3.8, 4) is 0 Å². The van der Waals surface area contributed by atoms with Crippen LogP contribution < -0.4 is 5.32 Å². The van der Waals surface area contributed by atoms with Crippen LogP contribution in [0.4, 0.5) is 5.69 Å². The van der Waals surface area contributed by atoms with Crippen LogP contribution in [-0.2, 0) is 11.8 Å². The number of halogens is 1. The third-order valence-corrected chi connectivity index (χ3v) is 4.48. The average molecular weight is 324 g/mol. The molecule has 1 N–H and O–H groups in total. The zero-order chi connectivity index (χ0) is 13.0. The summed E-state index contributed by atoms with van der Waals surface area (Å²) in [5.41, 5.74) is 2.02. The van der Waals surface area contributed by atoms with Crippen molar-refractivity contribution in [3.63, 3.8) is 0 Å². The normalized spacial score (nSPS) is 10.3. The van der Waals surface area contributed by atoms with Crippen LogP contribution in [-0.4, -0.2) is 5.91 Å². The Bertz CT molecular complexity index is 533. The summed E-state index contributed by atoms with van der Waals surface area (Å²) in [6.45, 7) is 2.09. The molecular formula is C14H14BrNOS. The lowest BCUT2D eigenvalue weighted by molar-refractivity contribution is 0.103. The molecule has 0 fully saturated rings. The quantitative estimate of drug-likeness (QED) is 0.827. The van der Waals surface area contributed by atoms with Crippen molar-refractivity contribution in [3.05, 3.63) is 51.7 Å². The molecule has 0 saturated carbocycles. The van der Waals surface area contributed by atoms with Crippen LogP contribution in [0.2, 0.25) is 0 Å². The number of hydrogen-bond donors (Lipinski definition) is 1. The van der Waals surface area contributed by atoms with Crippen LogP contribution in [0.5, 0.6) is 0 Å². The van der Waals surface area contributed by atoms with Crippen molar-refractivity contribution >= 4 is 38.9 Å². The van der Waals surface area contributed by atoms with Crippen LogP contribution >= 0.6 is 27.3 Å². The van der Waals surface area contributed by atoms with E-state index in [1.807, 2.05) is 36.4 Å². The van der Waals surface area contributed by atoms with E-state index < -0.39 is 0 Å². The van der Waals surface area contributed by atoms with Gasteiger partial charge < -0.3 is 5.32 Å². The molecule has 2 nitrogen and oxygen atoms in total. The standard InChI is InChI=1S/C14H14BrNOS/c1-2-12-7-8-13(18-12)14(17)16-11-5-3-10(9-15)4-6-11/h3-8H,2,9H2,1H3,(H,16,17). The molecule has 4 heteroatoms. The van der Waals surface area contributed by atoms with Gasteiger partial charge in [-0.15, -0.1) is 11.3 Å². The minimum Gasteiger partial charge on any atom is -0.321 e. The van der Waals surface area contributed by atoms with Crippen molar-refractivity contribution in [2.24, 2.45) is 0 Å². The van der Waals surface area contributed by atoms with Crippen LogP contribution in [0.3, 0.4) is 0 Å². The highest BCUT2D eigenvalue weighted by molar-refractivity contribution is 9.08. The number of thiophene rings is 1. The minimum absolute atomic E-state index is 0.0358. The van der Waals surface area contributed by atoms with Gasteiger partial charge in [-0.05, 0) is 36.2 Å². The zero-order valence-electron chi connectivity index (χ0n) is 10.1. The molecule has 0 aliphatic carbocycles. The third kappa shape index (κ3) is 3.21. The average Bonchev–Trinajstić information content (AvgIpc) is 2.88. The highest BCUT2D eigenvalue weighted by atomic mass is 79.9. The van der Waals surface area contributed by atoms with E-state index in [1.54, 1.807) is 11.3 Å². The number of aryl methyl sites for hydroxylation is 1. The Balaban J connectivity index is 2.06. The maximum absolute atomic E-state index is 12.0. The molecule has 0 radical (unpaired) electrons. The first-order chi connectivity index (χ1) is 8.72. The van der Waals surface area contributed by atoms with Gasteiger partial charge in [0.25, 0.3) is 5.91 Å². The molecule has 94 valence electrons. The summed E-state index contributed by atoms with van der Waals surface area (Å²) in [6.07, 6.45) is 0.970. The number of benzene rings is 1. The zero-order valence-corrected chi connectivity index (χ0v) is 12.5. The first-order valence-electron chi connectivity index (χ1n) is 5.78. The molecule has 0 atom stereocenters. The summed E-state index contributed by atoms with van der Waals surface area (Å²) in [7, 11) is 0. The Kier molecular flexibility index (Phi) is 4.55. The second kappa shape index (κ2) is 6.16. The third-order valence-electron chi connectivity index (χ3n) is 2.60. The SMILES string of the molecule is CCc1ccc(C(=O)Nc2ccc(CBr)cc2)s1. The Labute approximate surface area is 119 Å². The number of rotatable bonds is 4. The van der Waals surface area contributed by atoms with E-state index in [0.29, 0.717) is 0 Å². The number of alkyl halides is 1. The summed E-state index contributed by atoms with van der Waals surface area (Å²) >= 11 is 4.94. The molecule has 2 aromatic rings. The van der Waals surface area contributed by atoms with Gasteiger partial charge in [-0.2, -0.15) is 0 Å². The molecule has 0 bridgehead atoms. The maximum Gasteiger partial charge on any atom is 0.265 e. The molecular weight excluding hydrogens is 310 g/mol. The van der Waals surface area contributed by atoms with Crippen molar-refractivity contribution in [1.82, 2.24) is 0 Å². The summed E-state index contributed by atoms with van der Waals surface area (Å²) in [5.74, 6) is -0.0358. The van der Waals surface area contributed by atoms with E-state index in [9.17, 15) is 4.79 Å². The second-order valence-electron chi connectivity index (χ2n) is 3.90. The minimum atomic E-state index is -0.0358. The van der Waals surface area contributed by atoms with E-state index in [4.69, 9.17) is 0 Å². The van der Waals surface area contributed by atoms with Crippen LogP contribution in [0.15, 0.2) is 36.4 Å². The topological polar surface area (TPSA) is 29.1 Å². The fraction of sp³-hybridized carbons (Fsp3) is 0.214. The van der Waals surface area contributed by atoms with Crippen LogP contribution in [0.1, 0.15) is 27.0 Å². The fourth-order valence-electron chi connectivity index (χ4n) is 1.56. The van der Waals surface area contributed by atoms with Gasteiger partial charge in [0.05, 0.1) is 4.88 Å². The molecule has 0 unspecified atom stereocenters. The molecule has 1 amide bonds. The number of hydrogen-bond acceptors (Lipinski definition) is 2. The first-order valence-corrected chi connectivity index (χ1v) is 7.71. The molecule has 0 aliphatic heterocycles. The second-order valence-corrected chi connectivity index (χ2v) is 5.63. The molecule has 1 heterocycles. The number of carbonyl (C=O) groups is 1. The van der Waals surface area contributed by atoms with Gasteiger partial charge in [-0.1, -0.05) is 35.0 Å². The highest BCUT2D eigenvalue weighted by Crippen LogP contribution is 2.19. The van der Waals surface area contributed by atoms with Crippen molar-refractivity contribution in [2.45, 2.75) is 18.7 Å². The molecule has 0 spiro atoms. The summed E-state index contributed by atoms with van der Waals surface area (Å²) in [5, 5.41) is 3.73. The highest BCUT2D eigenvalue weighted by Gasteiger charge is 2.08. The van der Waals surface area contributed by atoms with Gasteiger partial charge in [-0.25, -0.2) is 0 Å². The van der Waals surface area contributed by atoms with E-state index in [1.165, 1.54) is 10.4 Å². The number of nitrogens with one attached hydrogen (secondary N) is 1. The van der Waals surface area contributed by atoms with Gasteiger partial charge in [0.15, 0.2) is 0 Å². The maximum atomic E-state index is 12.0. The Hall–Kier alpha value is -1.13. The first kappa shape index (κ1) is 13.3. The van der Waals surface area contributed by atoms with E-state index in [-0.39, 0.29) is 5.91 Å². The van der Waals surface area contributed by atoms with Gasteiger partial charge >= 0.3 is 0 Å². The molecule has 18 heavy (non-hydrogen) atoms. The van der Waals surface area contributed by atoms with E-state index >= 15 is 0 Å². The molecule has 1 aromatic heterocycles. The molecule has 0 saturated heterocycles. The number of amides is 1. The summed E-state index contributed by atoms with van der Waals surface area (Å²) in [4.78, 5) is 14.0. The lowest BCUT2D eigenvalue weighted by atomic mass is 10.2. The largest absolute Gasteiger partial charge is 0.321 e. The van der Waals surface area contributed by atoms with Crippen molar-refractivity contribution in [1.29, 1.82) is 0 Å². The molecule has 0 aliphatic rings. The lowest BCUT2D eigenvalue weighted by Gasteiger charge is -2.04. The summed E-state index contributed by atoms with van der Waals surface area (Å²) < 4.78 is 0. The number of anilines is 1. The van der Waals surface area contributed by atoms with Crippen LogP contribution in [0, 0.1) is 0 Å². The fourth-order valence-corrected chi connectivity index (χ4v) is 2.78. The van der Waals surface area contributed by atoms with Gasteiger partial charge in [-0.3, -0.25) is 4.79 Å². The summed E-state index contributed by atoms with van der Waals surface area (Å²) in [6, 6.07) is 11.7. The van der Waals surface area contributed by atoms with Crippen molar-refractivity contribution in [2.75, 3.05) is 5.32 Å². The predicted octanol–water partition coefficient (Wildman–Crippen LogP) is 4.46. The van der Waals surface area contributed by atoms with E-state index in [2.05, 4.69) is 28.2 Å². The molecule has 1 aromatic carbocycles. The van der Waals surface area contributed by atoms with Gasteiger partial charge in [0.1, 0.15) is 0 Å². The van der Waals surface area contributed by atoms with Crippen LogP contribution in [0.25, 0.3) is 0 Å². The Morgan fingerprint density at radius 1 is 1.22 bits per heavy atom.